The lowest BCUT2D eigenvalue weighted by Crippen LogP contribution is -2.19. The minimum Gasteiger partial charge on any atom is -0.445 e. The molecule has 1 heterocycles. The molecule has 0 spiro atoms. The molecule has 0 aliphatic rings. The van der Waals surface area contributed by atoms with Crippen LogP contribution in [0.3, 0.4) is 0 Å². The largest absolute Gasteiger partial charge is 0.445 e. The van der Waals surface area contributed by atoms with Crippen LogP contribution in [0.25, 0.3) is 0 Å². The normalized spacial score (nSPS) is 11.0. The van der Waals surface area contributed by atoms with Crippen LogP contribution in [0.15, 0.2) is 18.5 Å². The fourth-order valence-corrected chi connectivity index (χ4v) is 1.12. The Labute approximate surface area is 94.5 Å². The summed E-state index contributed by atoms with van der Waals surface area (Å²) in [5.74, 6) is 0. The highest BCUT2D eigenvalue weighted by Crippen LogP contribution is 2.19. The van der Waals surface area contributed by atoms with Gasteiger partial charge in [-0.05, 0) is 19.9 Å². The molecular formula is C11H16N2O3. The highest BCUT2D eigenvalue weighted by atomic mass is 16.5. The number of carbonyl (C=O) groups excluding carboxylic acids is 1. The van der Waals surface area contributed by atoms with Crippen LogP contribution in [0.5, 0.6) is 0 Å². The number of hydrogen-bond donors (Lipinski definition) is 2. The lowest BCUT2D eigenvalue weighted by atomic mass is 9.99. The van der Waals surface area contributed by atoms with Crippen molar-refractivity contribution in [1.82, 2.24) is 10.3 Å². The molecule has 88 valence electrons. The zero-order valence-corrected chi connectivity index (χ0v) is 9.65. The number of hydrogen-bond acceptors (Lipinski definition) is 4. The molecule has 1 amide bonds. The Morgan fingerprint density at radius 1 is 1.56 bits per heavy atom. The number of nitrogens with one attached hydrogen (secondary N) is 1. The van der Waals surface area contributed by atoms with Gasteiger partial charge < -0.3 is 15.2 Å². The predicted octanol–water partition coefficient (Wildman–Crippen LogP) is 1.17. The molecule has 0 aromatic carbocycles. The summed E-state index contributed by atoms with van der Waals surface area (Å²) in [5, 5.41) is 12.1. The molecule has 5 nitrogen and oxygen atoms in total. The van der Waals surface area contributed by atoms with Crippen LogP contribution >= 0.6 is 0 Å². The molecule has 0 bridgehead atoms. The van der Waals surface area contributed by atoms with Crippen LogP contribution in [-0.2, 0) is 16.9 Å². The first-order chi connectivity index (χ1) is 7.43. The van der Waals surface area contributed by atoms with Crippen molar-refractivity contribution in [3.8, 4) is 0 Å². The van der Waals surface area contributed by atoms with E-state index in [2.05, 4.69) is 10.3 Å². The van der Waals surface area contributed by atoms with E-state index in [1.54, 1.807) is 32.3 Å². The molecule has 2 N–H and O–H groups in total. The number of ether oxygens (including phenoxy) is 1. The average Bonchev–Trinajstić information content (AvgIpc) is 2.25. The van der Waals surface area contributed by atoms with Gasteiger partial charge in [0.1, 0.15) is 6.61 Å². The third kappa shape index (κ3) is 3.51. The second kappa shape index (κ2) is 4.94. The molecule has 0 unspecified atom stereocenters. The SMILES string of the molecule is CNC(=O)OCc1cncc(C(C)(C)O)c1. The topological polar surface area (TPSA) is 71.5 Å². The van der Waals surface area contributed by atoms with Gasteiger partial charge in [0.2, 0.25) is 0 Å². The molecule has 1 aromatic heterocycles. The Hall–Kier alpha value is -1.62. The van der Waals surface area contributed by atoms with Gasteiger partial charge in [-0.2, -0.15) is 0 Å². The first-order valence-corrected chi connectivity index (χ1v) is 4.95. The van der Waals surface area contributed by atoms with Crippen LogP contribution in [0.1, 0.15) is 25.0 Å². The Morgan fingerprint density at radius 2 is 2.25 bits per heavy atom. The van der Waals surface area contributed by atoms with Gasteiger partial charge in [0.15, 0.2) is 0 Å². The third-order valence-electron chi connectivity index (χ3n) is 2.08. The predicted molar refractivity (Wildman–Crippen MR) is 58.7 cm³/mol. The first kappa shape index (κ1) is 12.4. The van der Waals surface area contributed by atoms with Crippen molar-refractivity contribution < 1.29 is 14.6 Å². The molecule has 16 heavy (non-hydrogen) atoms. The quantitative estimate of drug-likeness (QED) is 0.808. The van der Waals surface area contributed by atoms with Crippen LogP contribution < -0.4 is 5.32 Å². The van der Waals surface area contributed by atoms with E-state index in [0.29, 0.717) is 5.56 Å². The second-order valence-electron chi connectivity index (χ2n) is 3.97. The van der Waals surface area contributed by atoms with Crippen molar-refractivity contribution >= 4 is 6.09 Å². The standard InChI is InChI=1S/C11H16N2O3/c1-11(2,15)9-4-8(5-13-6-9)7-16-10(14)12-3/h4-6,15H,7H2,1-3H3,(H,12,14). The van der Waals surface area contributed by atoms with E-state index in [1.165, 1.54) is 7.05 Å². The van der Waals surface area contributed by atoms with Gasteiger partial charge in [-0.3, -0.25) is 4.98 Å². The number of rotatable bonds is 3. The van der Waals surface area contributed by atoms with E-state index >= 15 is 0 Å². The minimum absolute atomic E-state index is 0.136. The van der Waals surface area contributed by atoms with Crippen molar-refractivity contribution in [3.05, 3.63) is 29.6 Å². The molecular weight excluding hydrogens is 208 g/mol. The maximum absolute atomic E-state index is 10.9. The van der Waals surface area contributed by atoms with Crippen LogP contribution in [0, 0.1) is 0 Å². The highest BCUT2D eigenvalue weighted by Gasteiger charge is 2.16. The lowest BCUT2D eigenvalue weighted by molar-refractivity contribution is 0.0779. The molecule has 0 aliphatic heterocycles. The lowest BCUT2D eigenvalue weighted by Gasteiger charge is -2.17. The van der Waals surface area contributed by atoms with E-state index in [1.807, 2.05) is 0 Å². The Bertz CT molecular complexity index is 372. The molecule has 0 atom stereocenters. The molecule has 0 saturated heterocycles. The van der Waals surface area contributed by atoms with E-state index in [9.17, 15) is 9.90 Å². The Morgan fingerprint density at radius 3 is 2.81 bits per heavy atom. The van der Waals surface area contributed by atoms with Gasteiger partial charge >= 0.3 is 6.09 Å². The van der Waals surface area contributed by atoms with Gasteiger partial charge in [-0.15, -0.1) is 0 Å². The van der Waals surface area contributed by atoms with Crippen molar-refractivity contribution in [3.63, 3.8) is 0 Å². The summed E-state index contributed by atoms with van der Waals surface area (Å²) in [6.45, 7) is 3.48. The van der Waals surface area contributed by atoms with Crippen LogP contribution in [0.4, 0.5) is 4.79 Å². The number of aliphatic hydroxyl groups is 1. The van der Waals surface area contributed by atoms with Crippen molar-refractivity contribution in [2.45, 2.75) is 26.1 Å². The molecule has 1 rings (SSSR count). The fourth-order valence-electron chi connectivity index (χ4n) is 1.12. The van der Waals surface area contributed by atoms with Crippen molar-refractivity contribution in [1.29, 1.82) is 0 Å². The number of carbonyl (C=O) groups is 1. The summed E-state index contributed by atoms with van der Waals surface area (Å²) in [4.78, 5) is 14.8. The van der Waals surface area contributed by atoms with Crippen LogP contribution in [0.2, 0.25) is 0 Å². The molecule has 0 saturated carbocycles. The molecule has 0 radical (unpaired) electrons. The van der Waals surface area contributed by atoms with E-state index in [4.69, 9.17) is 4.74 Å². The number of amides is 1. The van der Waals surface area contributed by atoms with E-state index in [0.717, 1.165) is 5.56 Å². The zero-order chi connectivity index (χ0) is 12.2. The Balaban J connectivity index is 2.72. The number of aromatic nitrogens is 1. The monoisotopic (exact) mass is 224 g/mol. The van der Waals surface area contributed by atoms with Gasteiger partial charge in [0, 0.05) is 30.6 Å². The molecule has 1 aromatic rings. The maximum Gasteiger partial charge on any atom is 0.407 e. The fraction of sp³-hybridized carbons (Fsp3) is 0.455. The van der Waals surface area contributed by atoms with E-state index < -0.39 is 11.7 Å². The summed E-state index contributed by atoms with van der Waals surface area (Å²) in [6.07, 6.45) is 2.69. The summed E-state index contributed by atoms with van der Waals surface area (Å²) < 4.78 is 4.87. The summed E-state index contributed by atoms with van der Waals surface area (Å²) >= 11 is 0. The first-order valence-electron chi connectivity index (χ1n) is 4.95. The number of nitrogens with zero attached hydrogens (tertiary/aromatic N) is 1. The van der Waals surface area contributed by atoms with Crippen molar-refractivity contribution in [2.75, 3.05) is 7.05 Å². The second-order valence-corrected chi connectivity index (χ2v) is 3.97. The highest BCUT2D eigenvalue weighted by molar-refractivity contribution is 5.66. The Kier molecular flexibility index (Phi) is 3.84. The van der Waals surface area contributed by atoms with Gasteiger partial charge in [-0.1, -0.05) is 0 Å². The smallest absolute Gasteiger partial charge is 0.407 e. The summed E-state index contributed by atoms with van der Waals surface area (Å²) in [7, 11) is 1.49. The average molecular weight is 224 g/mol. The molecule has 0 fully saturated rings. The number of alkyl carbamates (subject to hydrolysis) is 1. The summed E-state index contributed by atoms with van der Waals surface area (Å²) in [6, 6.07) is 1.76. The van der Waals surface area contributed by atoms with Crippen molar-refractivity contribution in [2.24, 2.45) is 0 Å². The van der Waals surface area contributed by atoms with Crippen LogP contribution in [-0.4, -0.2) is 23.2 Å². The van der Waals surface area contributed by atoms with Gasteiger partial charge in [0.25, 0.3) is 0 Å². The van der Waals surface area contributed by atoms with Gasteiger partial charge in [-0.25, -0.2) is 4.79 Å². The third-order valence-corrected chi connectivity index (χ3v) is 2.08. The minimum atomic E-state index is -0.948. The maximum atomic E-state index is 10.9. The summed E-state index contributed by atoms with van der Waals surface area (Å²) in [5.41, 5.74) is 0.476. The van der Waals surface area contributed by atoms with Gasteiger partial charge in [0.05, 0.1) is 5.60 Å². The zero-order valence-electron chi connectivity index (χ0n) is 9.65. The molecule has 5 heteroatoms. The number of pyridine rings is 1. The van der Waals surface area contributed by atoms with E-state index in [-0.39, 0.29) is 6.61 Å². The molecule has 0 aliphatic carbocycles.